The third kappa shape index (κ3) is 78.1. The number of ether oxygens (including phenoxy) is 12. The Morgan fingerprint density at radius 1 is 0.301 bits per heavy atom. The van der Waals surface area contributed by atoms with E-state index < -0.39 is 168 Å². The number of rotatable bonds is 51. The van der Waals surface area contributed by atoms with Gasteiger partial charge in [0.2, 0.25) is 60.1 Å². The fraction of sp³-hybridized carbons (Fsp3) is 0.621. The summed E-state index contributed by atoms with van der Waals surface area (Å²) in [5.74, 6) is -8.15. The molecule has 143 heavy (non-hydrogen) atoms. The van der Waals surface area contributed by atoms with Crippen LogP contribution in [0.1, 0.15) is 229 Å². The molecule has 0 spiro atoms. The van der Waals surface area contributed by atoms with Crippen LogP contribution in [0.15, 0.2) is 138 Å². The van der Waals surface area contributed by atoms with Crippen molar-refractivity contribution in [3.05, 3.63) is 139 Å². The van der Waals surface area contributed by atoms with Crippen LogP contribution in [0.5, 0.6) is 0 Å². The molecule has 2 aliphatic carbocycles. The molecule has 0 aromatic heterocycles. The molecule has 48 heteroatoms. The Morgan fingerprint density at radius 3 is 0.825 bits per heavy atom. The molecule has 2 aromatic rings. The summed E-state index contributed by atoms with van der Waals surface area (Å²) in [6.07, 6.45) is 19.4. The Balaban J connectivity index is 0. The van der Waals surface area contributed by atoms with Crippen molar-refractivity contribution >= 4 is 132 Å². The lowest BCUT2D eigenvalue weighted by atomic mass is 9.91. The van der Waals surface area contributed by atoms with Gasteiger partial charge >= 0.3 is 71.6 Å². The Hall–Kier alpha value is -10.0. The maximum Gasteiger partial charge on any atom is 0.331 e. The van der Waals surface area contributed by atoms with Crippen molar-refractivity contribution in [3.63, 3.8) is 0 Å². The van der Waals surface area contributed by atoms with Gasteiger partial charge in [-0.2, -0.15) is 0 Å². The molecule has 6 N–H and O–H groups in total. The van der Waals surface area contributed by atoms with E-state index in [9.17, 15) is 108 Å². The standard InChI is InChI=1S/C17H29NO6S.C17H23NO6S.C16H27NO6S.C16H21NO6S.C15H27NO6S.C14H25NO6S/c2*1-13(2)24-17(20)10-9-16(19)23-11-14(3)18-25(21,22)12-15-7-5-4-6-8-15;2*1-12(2)23-16(19)10-9-15(18)22-11-13(3)17-24(20,21)14-7-5-4-6-8-14;1-11(2)22-14(18)8-7-13(17)21-9-12(3)16-23(19,20)10-15(4,5)6;1-10(2)9-22(18,19)15-12(5)8-20-13(16)6-7-14(17)21-11(3)4/h9-10,13-15,18H,4-8,11-12H2,1-3H3;4-10,13-14,18H,11-12H2,1-3H3;9-10,12-14,17H,4-8,11H2,1-3H3;4-10,12-13,17H,11H2,1-3H3;7-8,11-12,16H,9-10H2,1-6H3;6-7,10-12,15H,8-9H2,1-5H3. The van der Waals surface area contributed by atoms with Crippen molar-refractivity contribution in [3.8, 4) is 0 Å². The second-order valence-corrected chi connectivity index (χ2v) is 47.3. The molecule has 0 bridgehead atoms. The minimum absolute atomic E-state index is 0.00199. The molecule has 0 aliphatic heterocycles. The Labute approximate surface area is 845 Å². The number of carbonyl (C=O) groups excluding carboxylic acids is 12. The van der Waals surface area contributed by atoms with Gasteiger partial charge in [-0.05, 0) is 185 Å². The van der Waals surface area contributed by atoms with Crippen LogP contribution in [0.2, 0.25) is 0 Å². The second-order valence-electron chi connectivity index (χ2n) is 36.5. The molecule has 6 atom stereocenters. The number of carbonyl (C=O) groups is 12. The van der Waals surface area contributed by atoms with Crippen LogP contribution in [0.25, 0.3) is 0 Å². The first kappa shape index (κ1) is 135. The van der Waals surface area contributed by atoms with E-state index in [1.165, 1.54) is 18.6 Å². The quantitative estimate of drug-likeness (QED) is 0.0204. The lowest BCUT2D eigenvalue weighted by Crippen LogP contribution is -2.42. The molecule has 6 unspecified atom stereocenters. The molecule has 0 heterocycles. The number of hydrogen-bond donors (Lipinski definition) is 6. The van der Waals surface area contributed by atoms with Crippen molar-refractivity contribution in [1.82, 2.24) is 28.3 Å². The van der Waals surface area contributed by atoms with Gasteiger partial charge in [0.1, 0.15) is 39.6 Å². The molecule has 4 rings (SSSR count). The SMILES string of the molecule is CC(C)CS(=O)(=O)NC(C)COC(=O)C=CC(=O)OC(C)C.CC(COC(=O)C=CC(=O)OC(C)C)NS(=O)(=O)C1CCCCC1.CC(COC(=O)C=CC(=O)OC(C)C)NS(=O)(=O)CC(C)(C)C.CC(COC(=O)C=CC(=O)OC(C)C)NS(=O)(=O)CC1CCCCC1.CC(COC(=O)C=CC(=O)OC(C)C)NS(=O)(=O)Cc1ccccc1.CC(COC(=O)C=CC(=O)OC(C)C)NS(=O)(=O)c1ccccc1. The molecule has 814 valence electrons. The summed E-state index contributed by atoms with van der Waals surface area (Å²) in [5.41, 5.74) is 0.285. The van der Waals surface area contributed by atoms with Gasteiger partial charge in [0.15, 0.2) is 0 Å². The van der Waals surface area contributed by atoms with Crippen molar-refractivity contribution in [2.45, 2.75) is 312 Å². The normalized spacial score (nSPS) is 14.9. The van der Waals surface area contributed by atoms with Crippen LogP contribution in [0, 0.1) is 17.3 Å². The summed E-state index contributed by atoms with van der Waals surface area (Å²) in [6.45, 7) is 38.1. The third-order valence-corrected chi connectivity index (χ3v) is 27.6. The zero-order chi connectivity index (χ0) is 110. The molecule has 2 aliphatic rings. The Kier molecular flexibility index (Phi) is 66.7. The van der Waals surface area contributed by atoms with E-state index in [-0.39, 0.29) is 127 Å². The fourth-order valence-corrected chi connectivity index (χ4v) is 21.4. The summed E-state index contributed by atoms with van der Waals surface area (Å²) in [6, 6.07) is 13.2. The van der Waals surface area contributed by atoms with Crippen LogP contribution in [-0.4, -0.2) is 257 Å². The molecule has 42 nitrogen and oxygen atoms in total. The Bertz CT molecular complexity index is 5160. The van der Waals surface area contributed by atoms with Gasteiger partial charge in [-0.3, -0.25) is 0 Å². The van der Waals surface area contributed by atoms with Crippen LogP contribution >= 0.6 is 0 Å². The topological polar surface area (TPSA) is 593 Å². The van der Waals surface area contributed by atoms with Crippen LogP contribution in [0.4, 0.5) is 0 Å². The number of benzene rings is 2. The molecular formula is C95H152N6O36S6. The molecule has 0 saturated heterocycles. The monoisotopic (exact) mass is 2140 g/mol. The highest BCUT2D eigenvalue weighted by Crippen LogP contribution is 2.26. The number of hydrogen-bond acceptors (Lipinski definition) is 36. The summed E-state index contributed by atoms with van der Waals surface area (Å²) in [5, 5.41) is -0.366. The zero-order valence-corrected chi connectivity index (χ0v) is 91.0. The first-order valence-electron chi connectivity index (χ1n) is 46.5. The highest BCUT2D eigenvalue weighted by molar-refractivity contribution is 7.91. The average molecular weight is 2150 g/mol. The summed E-state index contributed by atoms with van der Waals surface area (Å²) < 4.78 is 217. The summed E-state index contributed by atoms with van der Waals surface area (Å²) in [7, 11) is -20.9. The van der Waals surface area contributed by atoms with Crippen LogP contribution < -0.4 is 28.3 Å². The number of sulfonamides is 6. The molecular weight excluding hydrogens is 1990 g/mol. The van der Waals surface area contributed by atoms with E-state index in [1.807, 2.05) is 20.8 Å². The highest BCUT2D eigenvalue weighted by atomic mass is 32.2. The van der Waals surface area contributed by atoms with Gasteiger partial charge in [0.05, 0.1) is 106 Å². The van der Waals surface area contributed by atoms with Gasteiger partial charge in [-0.1, -0.05) is 122 Å². The number of esters is 12. The smallest absolute Gasteiger partial charge is 0.331 e. The number of nitrogens with one attached hydrogen (secondary N) is 6. The van der Waals surface area contributed by atoms with Gasteiger partial charge in [0.25, 0.3) is 0 Å². The first-order chi connectivity index (χ1) is 66.1. The van der Waals surface area contributed by atoms with Crippen molar-refractivity contribution in [1.29, 1.82) is 0 Å². The van der Waals surface area contributed by atoms with Crippen LogP contribution in [-0.2, 0) is 180 Å². The highest BCUT2D eigenvalue weighted by Gasteiger charge is 2.31. The second kappa shape index (κ2) is 70.7. The molecule has 0 radical (unpaired) electrons. The molecule has 2 aromatic carbocycles. The maximum atomic E-state index is 12.2. The summed E-state index contributed by atoms with van der Waals surface area (Å²) >= 11 is 0. The summed E-state index contributed by atoms with van der Waals surface area (Å²) in [4.78, 5) is 136. The van der Waals surface area contributed by atoms with E-state index in [0.717, 1.165) is 118 Å². The average Bonchev–Trinajstić information content (AvgIpc) is 0.843. The molecule has 2 saturated carbocycles. The van der Waals surface area contributed by atoms with Gasteiger partial charge in [0, 0.05) is 72.9 Å². The van der Waals surface area contributed by atoms with E-state index >= 15 is 0 Å². The van der Waals surface area contributed by atoms with E-state index in [4.69, 9.17) is 56.8 Å². The van der Waals surface area contributed by atoms with Gasteiger partial charge in [-0.25, -0.2) is 136 Å². The molecule has 2 fully saturated rings. The van der Waals surface area contributed by atoms with Gasteiger partial charge in [-0.15, -0.1) is 0 Å². The van der Waals surface area contributed by atoms with Crippen molar-refractivity contribution in [2.24, 2.45) is 17.3 Å². The lowest BCUT2D eigenvalue weighted by Gasteiger charge is -2.24. The predicted molar refractivity (Wildman–Crippen MR) is 534 cm³/mol. The zero-order valence-electron chi connectivity index (χ0n) is 86.2. The van der Waals surface area contributed by atoms with Crippen molar-refractivity contribution in [2.75, 3.05) is 56.9 Å². The van der Waals surface area contributed by atoms with Gasteiger partial charge < -0.3 is 56.8 Å². The van der Waals surface area contributed by atoms with Crippen molar-refractivity contribution < 1.29 is 165 Å². The van der Waals surface area contributed by atoms with E-state index in [1.54, 1.807) is 187 Å². The third-order valence-electron chi connectivity index (χ3n) is 16.9. The maximum absolute atomic E-state index is 12.2. The Morgan fingerprint density at radius 2 is 0.545 bits per heavy atom. The minimum Gasteiger partial charge on any atom is -0.461 e. The predicted octanol–water partition coefficient (Wildman–Crippen LogP) is 8.95. The van der Waals surface area contributed by atoms with E-state index in [2.05, 4.69) is 28.3 Å². The minimum atomic E-state index is -3.68. The largest absolute Gasteiger partial charge is 0.461 e. The molecule has 0 amide bonds. The first-order valence-corrected chi connectivity index (χ1v) is 56.2. The fourth-order valence-electron chi connectivity index (χ4n) is 11.7. The lowest BCUT2D eigenvalue weighted by molar-refractivity contribution is -0.143. The van der Waals surface area contributed by atoms with E-state index in [0.29, 0.717) is 18.4 Å². The van der Waals surface area contributed by atoms with Crippen LogP contribution in [0.3, 0.4) is 0 Å².